The predicted octanol–water partition coefficient (Wildman–Crippen LogP) is 2.69. The van der Waals surface area contributed by atoms with Gasteiger partial charge in [0.05, 0.1) is 12.5 Å². The van der Waals surface area contributed by atoms with Gasteiger partial charge in [0.15, 0.2) is 5.65 Å². The van der Waals surface area contributed by atoms with E-state index in [4.69, 9.17) is 16.3 Å². The van der Waals surface area contributed by atoms with E-state index >= 15 is 0 Å². The Hall–Kier alpha value is -1.33. The van der Waals surface area contributed by atoms with Crippen molar-refractivity contribution in [3.63, 3.8) is 0 Å². The summed E-state index contributed by atoms with van der Waals surface area (Å²) >= 11 is 6.31. The molecule has 0 bridgehead atoms. The number of hydrogen-bond acceptors (Lipinski definition) is 4. The van der Waals surface area contributed by atoms with E-state index in [1.54, 1.807) is 7.11 Å². The quantitative estimate of drug-likeness (QED) is 0.815. The minimum atomic E-state index is -0.135. The molecule has 1 aliphatic rings. The number of halogens is 1. The predicted molar refractivity (Wildman–Crippen MR) is 84.0 cm³/mol. The summed E-state index contributed by atoms with van der Waals surface area (Å²) in [6.07, 6.45) is 1.20. The van der Waals surface area contributed by atoms with Gasteiger partial charge in [0.25, 0.3) is 0 Å². The summed E-state index contributed by atoms with van der Waals surface area (Å²) in [6, 6.07) is 3.78. The lowest BCUT2D eigenvalue weighted by molar-refractivity contribution is 0.376. The lowest BCUT2D eigenvalue weighted by Gasteiger charge is -2.15. The molecule has 0 radical (unpaired) electrons. The van der Waals surface area contributed by atoms with E-state index in [0.717, 1.165) is 36.6 Å². The second kappa shape index (κ2) is 5.81. The van der Waals surface area contributed by atoms with E-state index in [1.165, 1.54) is 6.42 Å². The molecule has 0 aromatic carbocycles. The average molecular weight is 309 g/mol. The number of rotatable bonds is 4. The zero-order valence-corrected chi connectivity index (χ0v) is 13.5. The van der Waals surface area contributed by atoms with Crippen LogP contribution in [0.15, 0.2) is 12.1 Å². The van der Waals surface area contributed by atoms with E-state index in [1.807, 2.05) is 19.1 Å². The van der Waals surface area contributed by atoms with Gasteiger partial charge in [-0.15, -0.1) is 11.6 Å². The molecule has 1 aliphatic heterocycles. The van der Waals surface area contributed by atoms with Gasteiger partial charge in [0, 0.05) is 19.2 Å². The topological polar surface area (TPSA) is 43.2 Å². The molecular formula is C15H21ClN4O. The van der Waals surface area contributed by atoms with Gasteiger partial charge in [-0.3, -0.25) is 0 Å². The van der Waals surface area contributed by atoms with E-state index < -0.39 is 0 Å². The number of alkyl halides is 1. The van der Waals surface area contributed by atoms with Gasteiger partial charge >= 0.3 is 0 Å². The molecule has 2 aromatic rings. The van der Waals surface area contributed by atoms with Crippen molar-refractivity contribution in [3.8, 4) is 5.88 Å². The first-order valence-corrected chi connectivity index (χ1v) is 7.76. The summed E-state index contributed by atoms with van der Waals surface area (Å²) < 4.78 is 7.41. The first-order valence-electron chi connectivity index (χ1n) is 7.32. The van der Waals surface area contributed by atoms with E-state index in [-0.39, 0.29) is 5.38 Å². The van der Waals surface area contributed by atoms with Crippen LogP contribution in [-0.4, -0.2) is 46.7 Å². The fraction of sp³-hybridized carbons (Fsp3) is 0.600. The first kappa shape index (κ1) is 14.6. The minimum absolute atomic E-state index is 0.135. The van der Waals surface area contributed by atoms with Gasteiger partial charge in [-0.2, -0.15) is 4.98 Å². The van der Waals surface area contributed by atoms with Crippen LogP contribution in [-0.2, 0) is 6.54 Å². The molecule has 2 aromatic heterocycles. The highest BCUT2D eigenvalue weighted by Gasteiger charge is 2.24. The summed E-state index contributed by atoms with van der Waals surface area (Å²) in [5.41, 5.74) is 1.75. The van der Waals surface area contributed by atoms with Gasteiger partial charge < -0.3 is 14.2 Å². The summed E-state index contributed by atoms with van der Waals surface area (Å²) in [6.45, 7) is 5.13. The maximum absolute atomic E-state index is 6.31. The van der Waals surface area contributed by atoms with Crippen molar-refractivity contribution in [2.45, 2.75) is 25.3 Å². The Bertz CT molecular complexity index is 640. The Kier molecular flexibility index (Phi) is 4.04. The molecule has 0 N–H and O–H groups in total. The molecule has 1 saturated heterocycles. The molecule has 2 unspecified atom stereocenters. The van der Waals surface area contributed by atoms with Crippen molar-refractivity contribution in [1.29, 1.82) is 0 Å². The van der Waals surface area contributed by atoms with Crippen LogP contribution < -0.4 is 4.74 Å². The van der Waals surface area contributed by atoms with E-state index in [9.17, 15) is 0 Å². The third kappa shape index (κ3) is 2.85. The molecule has 1 fully saturated rings. The Morgan fingerprint density at radius 1 is 1.43 bits per heavy atom. The number of nitrogens with zero attached hydrogens (tertiary/aromatic N) is 4. The SMILES string of the molecule is COc1ccc2nc(C(C)Cl)n(CC3CCN(C)C3)c2n1. The monoisotopic (exact) mass is 308 g/mol. The maximum Gasteiger partial charge on any atom is 0.215 e. The third-order valence-electron chi connectivity index (χ3n) is 4.09. The molecule has 0 aliphatic carbocycles. The number of fused-ring (bicyclic) bond motifs is 1. The second-order valence-electron chi connectivity index (χ2n) is 5.81. The highest BCUT2D eigenvalue weighted by molar-refractivity contribution is 6.20. The van der Waals surface area contributed by atoms with Crippen LogP contribution in [0.3, 0.4) is 0 Å². The molecule has 3 heterocycles. The number of imidazole rings is 1. The molecule has 0 amide bonds. The lowest BCUT2D eigenvalue weighted by atomic mass is 10.1. The molecule has 0 spiro atoms. The molecule has 114 valence electrons. The largest absolute Gasteiger partial charge is 0.481 e. The van der Waals surface area contributed by atoms with Crippen LogP contribution in [0.25, 0.3) is 11.2 Å². The van der Waals surface area contributed by atoms with Gasteiger partial charge in [-0.25, -0.2) is 4.98 Å². The number of hydrogen-bond donors (Lipinski definition) is 0. The van der Waals surface area contributed by atoms with Gasteiger partial charge in [-0.05, 0) is 38.9 Å². The van der Waals surface area contributed by atoms with E-state index in [0.29, 0.717) is 11.8 Å². The molecule has 2 atom stereocenters. The molecule has 5 nitrogen and oxygen atoms in total. The van der Waals surface area contributed by atoms with Gasteiger partial charge in [0.1, 0.15) is 11.3 Å². The molecule has 6 heteroatoms. The Labute approximate surface area is 129 Å². The number of methoxy groups -OCH3 is 1. The number of ether oxygens (including phenoxy) is 1. The minimum Gasteiger partial charge on any atom is -0.481 e. The smallest absolute Gasteiger partial charge is 0.215 e. The highest BCUT2D eigenvalue weighted by atomic mass is 35.5. The molecule has 3 rings (SSSR count). The van der Waals surface area contributed by atoms with Gasteiger partial charge in [0.2, 0.25) is 5.88 Å². The Morgan fingerprint density at radius 3 is 2.86 bits per heavy atom. The van der Waals surface area contributed by atoms with Gasteiger partial charge in [-0.1, -0.05) is 0 Å². The zero-order chi connectivity index (χ0) is 15.0. The van der Waals surface area contributed by atoms with Crippen LogP contribution in [0, 0.1) is 5.92 Å². The Balaban J connectivity index is 2.01. The molecular weight excluding hydrogens is 288 g/mol. The fourth-order valence-corrected chi connectivity index (χ4v) is 3.20. The highest BCUT2D eigenvalue weighted by Crippen LogP contribution is 2.27. The van der Waals surface area contributed by atoms with Crippen LogP contribution in [0.1, 0.15) is 24.5 Å². The van der Waals surface area contributed by atoms with Crippen LogP contribution >= 0.6 is 11.6 Å². The van der Waals surface area contributed by atoms with Crippen molar-refractivity contribution in [3.05, 3.63) is 18.0 Å². The average Bonchev–Trinajstić information content (AvgIpc) is 3.03. The number of pyridine rings is 1. The fourth-order valence-electron chi connectivity index (χ4n) is 3.03. The van der Waals surface area contributed by atoms with Crippen molar-refractivity contribution < 1.29 is 4.74 Å². The summed E-state index contributed by atoms with van der Waals surface area (Å²) in [5, 5.41) is -0.135. The lowest BCUT2D eigenvalue weighted by Crippen LogP contribution is -2.18. The first-order chi connectivity index (χ1) is 10.1. The summed E-state index contributed by atoms with van der Waals surface area (Å²) in [4.78, 5) is 11.6. The third-order valence-corrected chi connectivity index (χ3v) is 4.29. The summed E-state index contributed by atoms with van der Waals surface area (Å²) in [5.74, 6) is 2.12. The Morgan fingerprint density at radius 2 is 2.24 bits per heavy atom. The van der Waals surface area contributed by atoms with Crippen LogP contribution in [0.2, 0.25) is 0 Å². The summed E-state index contributed by atoms with van der Waals surface area (Å²) in [7, 11) is 3.80. The van der Waals surface area contributed by atoms with E-state index in [2.05, 4.69) is 26.5 Å². The normalized spacial score (nSPS) is 21.0. The second-order valence-corrected chi connectivity index (χ2v) is 6.46. The van der Waals surface area contributed by atoms with Crippen molar-refractivity contribution in [2.24, 2.45) is 5.92 Å². The number of likely N-dealkylation sites (tertiary alicyclic amines) is 1. The zero-order valence-electron chi connectivity index (χ0n) is 12.7. The molecule has 21 heavy (non-hydrogen) atoms. The van der Waals surface area contributed by atoms with Crippen LogP contribution in [0.4, 0.5) is 0 Å². The maximum atomic E-state index is 6.31. The van der Waals surface area contributed by atoms with Crippen LogP contribution in [0.5, 0.6) is 5.88 Å². The van der Waals surface area contributed by atoms with Crippen molar-refractivity contribution >= 4 is 22.8 Å². The van der Waals surface area contributed by atoms with Crippen molar-refractivity contribution in [1.82, 2.24) is 19.4 Å². The standard InChI is InChI=1S/C15H21ClN4O/c1-10(16)14-17-12-4-5-13(21-3)18-15(12)20(14)9-11-6-7-19(2)8-11/h4-5,10-11H,6-9H2,1-3H3. The molecule has 0 saturated carbocycles. The van der Waals surface area contributed by atoms with Crippen molar-refractivity contribution in [2.75, 3.05) is 27.2 Å². The number of aromatic nitrogens is 3.